The number of aliphatic hydroxyl groups is 3. The molecule has 0 aromatic heterocycles. The number of fused-ring (bicyclic) bond motifs is 3. The number of aromatic hydroxyl groups is 2. The zero-order valence-corrected chi connectivity index (χ0v) is 29.0. The normalized spacial score (nSPS) is 36.1. The van der Waals surface area contributed by atoms with E-state index in [2.05, 4.69) is 0 Å². The third-order valence-electron chi connectivity index (χ3n) is 10.9. The van der Waals surface area contributed by atoms with Crippen LogP contribution >= 0.6 is 0 Å². The highest BCUT2D eigenvalue weighted by Gasteiger charge is 2.52. The van der Waals surface area contributed by atoms with Crippen molar-refractivity contribution in [1.82, 2.24) is 9.80 Å². The van der Waals surface area contributed by atoms with Gasteiger partial charge in [0, 0.05) is 48.0 Å². The molecule has 2 aliphatic heterocycles. The summed E-state index contributed by atoms with van der Waals surface area (Å²) in [7, 11) is 7.39. The first-order chi connectivity index (χ1) is 23.1. The van der Waals surface area contributed by atoms with Crippen LogP contribution in [0.2, 0.25) is 0 Å². The van der Waals surface area contributed by atoms with Gasteiger partial charge in [-0.1, -0.05) is 19.1 Å². The molecule has 2 fully saturated rings. The summed E-state index contributed by atoms with van der Waals surface area (Å²) in [5.74, 6) is -2.18. The summed E-state index contributed by atoms with van der Waals surface area (Å²) in [5, 5.41) is 56.7. The maximum absolute atomic E-state index is 13.9. The number of ketones is 2. The first-order valence-corrected chi connectivity index (χ1v) is 16.9. The Labute approximate surface area is 285 Å². The molecule has 0 radical (unpaired) electrons. The molecule has 0 bridgehead atoms. The van der Waals surface area contributed by atoms with E-state index in [4.69, 9.17) is 18.9 Å². The number of phenolic OH excluding ortho intramolecular Hbond substituents is 2. The third-order valence-corrected chi connectivity index (χ3v) is 10.9. The largest absolute Gasteiger partial charge is 0.507 e. The molecule has 6 rings (SSSR count). The quantitative estimate of drug-likeness (QED) is 0.245. The van der Waals surface area contributed by atoms with Crippen LogP contribution in [0.3, 0.4) is 0 Å². The van der Waals surface area contributed by atoms with Gasteiger partial charge in [0.05, 0.1) is 47.2 Å². The summed E-state index contributed by atoms with van der Waals surface area (Å²) in [6.45, 7) is 5.25. The number of ether oxygens (including phenoxy) is 4. The van der Waals surface area contributed by atoms with E-state index >= 15 is 0 Å². The van der Waals surface area contributed by atoms with Crippen molar-refractivity contribution in [2.45, 2.75) is 113 Å². The molecule has 2 aliphatic carbocycles. The minimum Gasteiger partial charge on any atom is -0.507 e. The van der Waals surface area contributed by atoms with E-state index in [0.29, 0.717) is 12.0 Å². The summed E-state index contributed by atoms with van der Waals surface area (Å²) < 4.78 is 25.3. The molecule has 2 saturated heterocycles. The highest BCUT2D eigenvalue weighted by atomic mass is 16.7. The summed E-state index contributed by atoms with van der Waals surface area (Å²) >= 11 is 0. The maximum atomic E-state index is 13.9. The zero-order valence-electron chi connectivity index (χ0n) is 29.0. The predicted octanol–water partition coefficient (Wildman–Crippen LogP) is 2.39. The van der Waals surface area contributed by atoms with Gasteiger partial charge in [-0.05, 0) is 66.2 Å². The maximum Gasteiger partial charge on any atom is 0.198 e. The van der Waals surface area contributed by atoms with Gasteiger partial charge in [0.15, 0.2) is 24.1 Å². The van der Waals surface area contributed by atoms with Crippen molar-refractivity contribution in [1.29, 1.82) is 0 Å². The van der Waals surface area contributed by atoms with Crippen LogP contribution in [0.1, 0.15) is 102 Å². The van der Waals surface area contributed by atoms with Gasteiger partial charge in [-0.3, -0.25) is 9.59 Å². The van der Waals surface area contributed by atoms with Crippen LogP contribution in [-0.2, 0) is 18.9 Å². The van der Waals surface area contributed by atoms with Gasteiger partial charge in [0.1, 0.15) is 17.6 Å². The molecule has 268 valence electrons. The van der Waals surface area contributed by atoms with Crippen molar-refractivity contribution in [2.24, 2.45) is 0 Å². The van der Waals surface area contributed by atoms with E-state index in [1.807, 2.05) is 38.0 Å². The van der Waals surface area contributed by atoms with E-state index in [-0.39, 0.29) is 64.9 Å². The average molecular weight is 685 g/mol. The molecule has 4 aliphatic rings. The number of carbonyl (C=O) groups is 2. The molecule has 2 heterocycles. The number of carbonyl (C=O) groups excluding carboxylic acids is 2. The van der Waals surface area contributed by atoms with Crippen LogP contribution in [0.15, 0.2) is 24.3 Å². The molecule has 2 aromatic rings. The number of nitrogens with zero attached hydrogens (tertiary/aromatic N) is 2. The Morgan fingerprint density at radius 3 is 1.96 bits per heavy atom. The van der Waals surface area contributed by atoms with Crippen LogP contribution in [0, 0.1) is 0 Å². The standard InChI is InChI=1S/C36H48N2O11/c1-8-36(45)15-24(48-25-13-21(37(4)5)30(40)16(2)46-25)19-12-20-28(32(42)18-10-9-11-23(39)27(18)33(20)43)34(44)29(19)35(36)49-26-14-22(38(6)7)31(41)17(3)47-26/h9-12,16-17,21-22,24-26,30-31,35,39-41,44-45H,8,13-15H2,1-7H3/t16-,17+,21-,22+,24-,25-,26+,30+,31-,35+,36+/m0/s1. The van der Waals surface area contributed by atoms with Crippen LogP contribution in [-0.4, -0.2) is 130 Å². The van der Waals surface area contributed by atoms with Crippen molar-refractivity contribution < 1.29 is 54.1 Å². The second kappa shape index (κ2) is 13.3. The van der Waals surface area contributed by atoms with Gasteiger partial charge < -0.3 is 54.3 Å². The topological polar surface area (TPSA) is 179 Å². The van der Waals surface area contributed by atoms with Gasteiger partial charge in [0.25, 0.3) is 0 Å². The first kappa shape index (κ1) is 35.8. The van der Waals surface area contributed by atoms with Crippen molar-refractivity contribution >= 4 is 11.6 Å². The Hall–Kier alpha value is -2.98. The Bertz CT molecular complexity index is 1610. The Morgan fingerprint density at radius 1 is 0.857 bits per heavy atom. The van der Waals surface area contributed by atoms with E-state index in [0.717, 1.165) is 0 Å². The van der Waals surface area contributed by atoms with Gasteiger partial charge in [-0.25, -0.2) is 0 Å². The van der Waals surface area contributed by atoms with E-state index in [9.17, 15) is 35.1 Å². The molecule has 49 heavy (non-hydrogen) atoms. The molecule has 13 nitrogen and oxygen atoms in total. The molecule has 11 atom stereocenters. The van der Waals surface area contributed by atoms with E-state index < -0.39 is 72.1 Å². The van der Waals surface area contributed by atoms with Crippen LogP contribution in [0.5, 0.6) is 11.5 Å². The average Bonchev–Trinajstić information content (AvgIpc) is 3.04. The smallest absolute Gasteiger partial charge is 0.198 e. The molecular weight excluding hydrogens is 636 g/mol. The second-order valence-electron chi connectivity index (χ2n) is 14.4. The highest BCUT2D eigenvalue weighted by Crippen LogP contribution is 2.55. The third kappa shape index (κ3) is 6.08. The lowest BCUT2D eigenvalue weighted by atomic mass is 9.71. The number of benzene rings is 2. The van der Waals surface area contributed by atoms with Gasteiger partial charge in [-0.15, -0.1) is 0 Å². The SMILES string of the molecule is CC[C@@]1(O)C[C@H](O[C@H]2C[C@H](N(C)C)[C@H](O)[C@H](C)O2)c2cc3c(c(O)c2[C@H]1O[C@@H]1C[C@@H](N(C)C)[C@@H](O)[C@@H](C)O1)C(=O)c1cccc(O)c1C3=O. The fraction of sp³-hybridized carbons (Fsp3) is 0.611. The van der Waals surface area contributed by atoms with Crippen molar-refractivity contribution in [3.05, 3.63) is 57.6 Å². The lowest BCUT2D eigenvalue weighted by Gasteiger charge is -2.48. The monoisotopic (exact) mass is 684 g/mol. The molecule has 13 heteroatoms. The lowest BCUT2D eigenvalue weighted by Crippen LogP contribution is -2.55. The van der Waals surface area contributed by atoms with Gasteiger partial charge >= 0.3 is 0 Å². The summed E-state index contributed by atoms with van der Waals surface area (Å²) in [4.78, 5) is 31.6. The van der Waals surface area contributed by atoms with Gasteiger partial charge in [0.2, 0.25) is 0 Å². The molecule has 0 spiro atoms. The van der Waals surface area contributed by atoms with Crippen LogP contribution < -0.4 is 0 Å². The van der Waals surface area contributed by atoms with Crippen molar-refractivity contribution in [2.75, 3.05) is 28.2 Å². The fourth-order valence-electron chi connectivity index (χ4n) is 7.94. The Morgan fingerprint density at radius 2 is 1.41 bits per heavy atom. The summed E-state index contributed by atoms with van der Waals surface area (Å²) in [6.07, 6.45) is -5.98. The minimum absolute atomic E-state index is 0.0329. The van der Waals surface area contributed by atoms with E-state index in [1.165, 1.54) is 24.3 Å². The molecule has 5 N–H and O–H groups in total. The number of phenols is 2. The summed E-state index contributed by atoms with van der Waals surface area (Å²) in [5.41, 5.74) is -1.83. The Balaban J connectivity index is 1.48. The molecule has 0 unspecified atom stereocenters. The number of hydrogen-bond acceptors (Lipinski definition) is 13. The number of aliphatic hydroxyl groups excluding tert-OH is 2. The number of rotatable bonds is 7. The first-order valence-electron chi connectivity index (χ1n) is 16.9. The van der Waals surface area contributed by atoms with Crippen molar-refractivity contribution in [3.8, 4) is 11.5 Å². The predicted molar refractivity (Wildman–Crippen MR) is 175 cm³/mol. The molecule has 2 aromatic carbocycles. The summed E-state index contributed by atoms with van der Waals surface area (Å²) in [6, 6.07) is 5.06. The molecule has 0 saturated carbocycles. The fourth-order valence-corrected chi connectivity index (χ4v) is 7.94. The zero-order chi connectivity index (χ0) is 35.7. The molecular formula is C36H48N2O11. The van der Waals surface area contributed by atoms with Crippen LogP contribution in [0.25, 0.3) is 0 Å². The highest BCUT2D eigenvalue weighted by molar-refractivity contribution is 6.30. The number of hydrogen-bond donors (Lipinski definition) is 5. The minimum atomic E-state index is -1.65. The van der Waals surface area contributed by atoms with Gasteiger partial charge in [-0.2, -0.15) is 0 Å². The van der Waals surface area contributed by atoms with Crippen LogP contribution in [0.4, 0.5) is 0 Å². The number of likely N-dealkylation sites (N-methyl/N-ethyl adjacent to an activating group) is 2. The Kier molecular flexibility index (Phi) is 9.72. The van der Waals surface area contributed by atoms with Crippen molar-refractivity contribution in [3.63, 3.8) is 0 Å². The van der Waals surface area contributed by atoms with E-state index in [1.54, 1.807) is 20.8 Å². The molecule has 0 amide bonds. The second-order valence-corrected chi connectivity index (χ2v) is 14.4. The lowest BCUT2D eigenvalue weighted by molar-refractivity contribution is -0.289.